The van der Waals surface area contributed by atoms with Crippen molar-refractivity contribution in [3.05, 3.63) is 0 Å². The minimum absolute atomic E-state index is 0.314. The van der Waals surface area contributed by atoms with Crippen LogP contribution in [0.4, 0.5) is 0 Å². The Morgan fingerprint density at radius 1 is 1.24 bits per heavy atom. The second kappa shape index (κ2) is 7.34. The number of rotatable bonds is 10. The molecule has 0 bridgehead atoms. The number of hydrogen-bond donors (Lipinski definition) is 1. The third-order valence-electron chi connectivity index (χ3n) is 3.01. The van der Waals surface area contributed by atoms with Crippen LogP contribution in [0.5, 0.6) is 0 Å². The Morgan fingerprint density at radius 2 is 1.94 bits per heavy atom. The largest absolute Gasteiger partial charge is 0.317 e. The van der Waals surface area contributed by atoms with Crippen LogP contribution in [0, 0.1) is 0 Å². The lowest BCUT2D eigenvalue weighted by Gasteiger charge is -2.21. The second-order valence-corrected chi connectivity index (χ2v) is 6.76. The average molecular weight is 262 g/mol. The minimum atomic E-state index is -3.00. The van der Waals surface area contributed by atoms with Crippen molar-refractivity contribution >= 4 is 10.0 Å². The van der Waals surface area contributed by atoms with Gasteiger partial charge in [0.2, 0.25) is 10.0 Å². The quantitative estimate of drug-likeness (QED) is 0.608. The molecule has 4 nitrogen and oxygen atoms in total. The van der Waals surface area contributed by atoms with Crippen LogP contribution in [0.1, 0.15) is 46.0 Å². The predicted molar refractivity (Wildman–Crippen MR) is 71.6 cm³/mol. The van der Waals surface area contributed by atoms with E-state index in [1.807, 2.05) is 6.92 Å². The number of nitrogens with zero attached hydrogens (tertiary/aromatic N) is 1. The Hall–Kier alpha value is -0.130. The molecule has 1 fully saturated rings. The van der Waals surface area contributed by atoms with Crippen molar-refractivity contribution < 1.29 is 8.42 Å². The maximum absolute atomic E-state index is 12.1. The molecule has 1 saturated carbocycles. The molecule has 5 heteroatoms. The molecule has 0 saturated heterocycles. The first-order chi connectivity index (χ1) is 8.11. The van der Waals surface area contributed by atoms with E-state index in [4.69, 9.17) is 0 Å². The molecule has 0 spiro atoms. The van der Waals surface area contributed by atoms with Gasteiger partial charge in [-0.15, -0.1) is 0 Å². The van der Waals surface area contributed by atoms with Gasteiger partial charge in [0.05, 0.1) is 5.75 Å². The van der Waals surface area contributed by atoms with E-state index in [2.05, 4.69) is 12.2 Å². The number of sulfonamides is 1. The van der Waals surface area contributed by atoms with E-state index in [-0.39, 0.29) is 0 Å². The normalized spacial score (nSPS) is 16.6. The number of unbranched alkanes of at least 4 members (excludes halogenated alkanes) is 1. The topological polar surface area (TPSA) is 49.4 Å². The van der Waals surface area contributed by atoms with Gasteiger partial charge >= 0.3 is 0 Å². The summed E-state index contributed by atoms with van der Waals surface area (Å²) in [5, 5.41) is 3.22. The van der Waals surface area contributed by atoms with Crippen molar-refractivity contribution in [2.75, 3.05) is 25.4 Å². The van der Waals surface area contributed by atoms with E-state index >= 15 is 0 Å². The van der Waals surface area contributed by atoms with Crippen molar-refractivity contribution in [3.63, 3.8) is 0 Å². The molecule has 0 atom stereocenters. The van der Waals surface area contributed by atoms with Gasteiger partial charge in [0, 0.05) is 12.6 Å². The molecular weight excluding hydrogens is 236 g/mol. The third-order valence-corrected chi connectivity index (χ3v) is 5.01. The van der Waals surface area contributed by atoms with Crippen molar-refractivity contribution in [2.24, 2.45) is 0 Å². The lowest BCUT2D eigenvalue weighted by atomic mass is 10.3. The number of hydrogen-bond acceptors (Lipinski definition) is 3. The summed E-state index contributed by atoms with van der Waals surface area (Å²) in [7, 11) is -3.00. The van der Waals surface area contributed by atoms with Crippen LogP contribution in [-0.4, -0.2) is 44.2 Å². The summed E-state index contributed by atoms with van der Waals surface area (Å²) < 4.78 is 26.0. The summed E-state index contributed by atoms with van der Waals surface area (Å²) in [4.78, 5) is 0. The molecule has 0 radical (unpaired) electrons. The fourth-order valence-corrected chi connectivity index (χ4v) is 3.89. The summed E-state index contributed by atoms with van der Waals surface area (Å²) in [6.45, 7) is 6.67. The molecule has 0 heterocycles. The predicted octanol–water partition coefficient (Wildman–Crippen LogP) is 1.58. The highest BCUT2D eigenvalue weighted by atomic mass is 32.2. The standard InChI is InChI=1S/C12H26N2O2S/c1-3-10-14(12-7-8-12)17(15,16)11-6-5-9-13-4-2/h12-13H,3-11H2,1-2H3. The molecule has 102 valence electrons. The summed E-state index contributed by atoms with van der Waals surface area (Å²) in [6.07, 6.45) is 4.72. The molecule has 0 aromatic heterocycles. The minimum Gasteiger partial charge on any atom is -0.317 e. The maximum Gasteiger partial charge on any atom is 0.214 e. The summed E-state index contributed by atoms with van der Waals surface area (Å²) in [5.74, 6) is 0.314. The fourth-order valence-electron chi connectivity index (χ4n) is 1.96. The first kappa shape index (κ1) is 14.9. The third kappa shape index (κ3) is 5.36. The van der Waals surface area contributed by atoms with Crippen molar-refractivity contribution in [1.82, 2.24) is 9.62 Å². The van der Waals surface area contributed by atoms with Crippen LogP contribution >= 0.6 is 0 Å². The fraction of sp³-hybridized carbons (Fsp3) is 1.00. The molecule has 1 aliphatic rings. The van der Waals surface area contributed by atoms with E-state index < -0.39 is 10.0 Å². The Kier molecular flexibility index (Phi) is 6.44. The summed E-state index contributed by atoms with van der Waals surface area (Å²) in [5.41, 5.74) is 0. The second-order valence-electron chi connectivity index (χ2n) is 4.72. The van der Waals surface area contributed by atoms with Gasteiger partial charge in [-0.2, -0.15) is 4.31 Å². The Labute approximate surface area is 106 Å². The summed E-state index contributed by atoms with van der Waals surface area (Å²) in [6, 6.07) is 0.314. The van der Waals surface area contributed by atoms with Gasteiger partial charge in [0.1, 0.15) is 0 Å². The highest BCUT2D eigenvalue weighted by Gasteiger charge is 2.35. The molecule has 0 unspecified atom stereocenters. The zero-order valence-corrected chi connectivity index (χ0v) is 11.9. The van der Waals surface area contributed by atoms with Gasteiger partial charge in [-0.05, 0) is 45.2 Å². The van der Waals surface area contributed by atoms with Crippen molar-refractivity contribution in [1.29, 1.82) is 0 Å². The molecule has 0 aromatic carbocycles. The lowest BCUT2D eigenvalue weighted by molar-refractivity contribution is 0.402. The molecule has 17 heavy (non-hydrogen) atoms. The first-order valence-corrected chi connectivity index (χ1v) is 8.43. The van der Waals surface area contributed by atoms with Crippen molar-refractivity contribution in [3.8, 4) is 0 Å². The molecule has 0 aromatic rings. The monoisotopic (exact) mass is 262 g/mol. The van der Waals surface area contributed by atoms with Crippen LogP contribution in [0.25, 0.3) is 0 Å². The van der Waals surface area contributed by atoms with Crippen LogP contribution in [0.2, 0.25) is 0 Å². The van der Waals surface area contributed by atoms with Gasteiger partial charge < -0.3 is 5.32 Å². The van der Waals surface area contributed by atoms with Crippen LogP contribution in [0.15, 0.2) is 0 Å². The van der Waals surface area contributed by atoms with Gasteiger partial charge in [-0.1, -0.05) is 13.8 Å². The van der Waals surface area contributed by atoms with Crippen LogP contribution in [0.3, 0.4) is 0 Å². The van der Waals surface area contributed by atoms with Gasteiger partial charge in [0.25, 0.3) is 0 Å². The molecular formula is C12H26N2O2S. The van der Waals surface area contributed by atoms with E-state index in [0.29, 0.717) is 18.3 Å². The molecule has 1 N–H and O–H groups in total. The summed E-state index contributed by atoms with van der Waals surface area (Å²) >= 11 is 0. The van der Waals surface area contributed by atoms with Crippen molar-refractivity contribution in [2.45, 2.75) is 52.0 Å². The first-order valence-electron chi connectivity index (χ1n) is 6.82. The zero-order valence-electron chi connectivity index (χ0n) is 11.1. The Balaban J connectivity index is 2.32. The van der Waals surface area contributed by atoms with Crippen LogP contribution in [-0.2, 0) is 10.0 Å². The van der Waals surface area contributed by atoms with Gasteiger partial charge in [-0.25, -0.2) is 8.42 Å². The zero-order chi connectivity index (χ0) is 12.7. The average Bonchev–Trinajstić information content (AvgIpc) is 3.09. The van der Waals surface area contributed by atoms with Gasteiger partial charge in [-0.3, -0.25) is 0 Å². The Morgan fingerprint density at radius 3 is 2.47 bits per heavy atom. The highest BCUT2D eigenvalue weighted by molar-refractivity contribution is 7.89. The van der Waals surface area contributed by atoms with Gasteiger partial charge in [0.15, 0.2) is 0 Å². The van der Waals surface area contributed by atoms with E-state index in [1.165, 1.54) is 0 Å². The van der Waals surface area contributed by atoms with E-state index in [0.717, 1.165) is 45.2 Å². The molecule has 1 aliphatic carbocycles. The molecule has 0 amide bonds. The molecule has 1 rings (SSSR count). The van der Waals surface area contributed by atoms with E-state index in [1.54, 1.807) is 4.31 Å². The van der Waals surface area contributed by atoms with E-state index in [9.17, 15) is 8.42 Å². The SMILES string of the molecule is CCCN(C1CC1)S(=O)(=O)CCCCNCC. The smallest absolute Gasteiger partial charge is 0.214 e. The number of nitrogens with one attached hydrogen (secondary N) is 1. The maximum atomic E-state index is 12.1. The Bertz CT molecular complexity index is 300. The molecule has 0 aliphatic heterocycles. The lowest BCUT2D eigenvalue weighted by Crippen LogP contribution is -2.35. The van der Waals surface area contributed by atoms with Crippen LogP contribution < -0.4 is 5.32 Å². The highest BCUT2D eigenvalue weighted by Crippen LogP contribution is 2.29.